The quantitative estimate of drug-likeness (QED) is 0.366. The Kier molecular flexibility index (Phi) is 6.06. The molecule has 1 aliphatic rings. The van der Waals surface area contributed by atoms with E-state index < -0.39 is 37.3 Å². The first-order valence-electron chi connectivity index (χ1n) is 6.58. The minimum Gasteiger partial charge on any atom is -0.394 e. The Morgan fingerprint density at radius 3 is 2.24 bits per heavy atom. The molecule has 1 fully saturated rings. The van der Waals surface area contributed by atoms with E-state index in [9.17, 15) is 14.4 Å². The normalized spacial score (nSPS) is 15.8. The molecule has 21 heavy (non-hydrogen) atoms. The summed E-state index contributed by atoms with van der Waals surface area (Å²) in [7, 11) is 1.52. The number of aliphatic hydroxyl groups is 3. The lowest BCUT2D eigenvalue weighted by Gasteiger charge is -2.28. The van der Waals surface area contributed by atoms with Gasteiger partial charge >= 0.3 is 6.03 Å². The molecule has 1 saturated heterocycles. The van der Waals surface area contributed by atoms with Crippen molar-refractivity contribution in [3.63, 3.8) is 0 Å². The van der Waals surface area contributed by atoms with Gasteiger partial charge in [-0.3, -0.25) is 14.5 Å². The van der Waals surface area contributed by atoms with E-state index in [1.165, 1.54) is 11.9 Å². The second kappa shape index (κ2) is 7.34. The number of carbonyl (C=O) groups excluding carboxylic acids is 3. The molecule has 9 heteroatoms. The number of imide groups is 1. The van der Waals surface area contributed by atoms with Crippen LogP contribution < -0.4 is 5.32 Å². The van der Waals surface area contributed by atoms with Crippen molar-refractivity contribution in [2.45, 2.75) is 18.4 Å². The van der Waals surface area contributed by atoms with Gasteiger partial charge in [-0.25, -0.2) is 4.79 Å². The number of rotatable bonds is 8. The Balaban J connectivity index is 2.40. The lowest BCUT2D eigenvalue weighted by Crippen LogP contribution is -2.57. The smallest absolute Gasteiger partial charge is 0.326 e. The fourth-order valence-corrected chi connectivity index (χ4v) is 1.91. The van der Waals surface area contributed by atoms with Crippen molar-refractivity contribution in [2.75, 3.05) is 40.0 Å². The molecule has 1 rings (SSSR count). The highest BCUT2D eigenvalue weighted by molar-refractivity contribution is 6.01. The van der Waals surface area contributed by atoms with Crippen LogP contribution in [0.1, 0.15) is 12.8 Å². The molecule has 0 unspecified atom stereocenters. The SMILES string of the molecule is CN1CC(=O)N(CCCC(=O)NC(CO)(CO)CO)C1=O. The van der Waals surface area contributed by atoms with Crippen LogP contribution in [-0.4, -0.2) is 88.5 Å². The fourth-order valence-electron chi connectivity index (χ4n) is 1.91. The lowest BCUT2D eigenvalue weighted by atomic mass is 10.0. The van der Waals surface area contributed by atoms with Gasteiger partial charge in [-0.15, -0.1) is 0 Å². The van der Waals surface area contributed by atoms with Gasteiger partial charge in [0.1, 0.15) is 12.1 Å². The molecule has 0 radical (unpaired) electrons. The summed E-state index contributed by atoms with van der Waals surface area (Å²) in [6.07, 6.45) is 0.262. The average Bonchev–Trinajstić information content (AvgIpc) is 2.71. The molecule has 1 aliphatic heterocycles. The lowest BCUT2D eigenvalue weighted by molar-refractivity contribution is -0.127. The Labute approximate surface area is 122 Å². The maximum atomic E-state index is 11.7. The number of carbonyl (C=O) groups is 3. The molecule has 0 aliphatic carbocycles. The first kappa shape index (κ1) is 17.3. The summed E-state index contributed by atoms with van der Waals surface area (Å²) < 4.78 is 0. The van der Waals surface area contributed by atoms with Gasteiger partial charge in [-0.05, 0) is 6.42 Å². The highest BCUT2D eigenvalue weighted by Crippen LogP contribution is 2.09. The van der Waals surface area contributed by atoms with Crippen LogP contribution in [-0.2, 0) is 9.59 Å². The van der Waals surface area contributed by atoms with Crippen LogP contribution in [0.3, 0.4) is 0 Å². The molecule has 0 atom stereocenters. The van der Waals surface area contributed by atoms with Crippen LogP contribution in [0.25, 0.3) is 0 Å². The minimum absolute atomic E-state index is 0.00250. The van der Waals surface area contributed by atoms with E-state index in [1.54, 1.807) is 0 Å². The molecule has 1 heterocycles. The van der Waals surface area contributed by atoms with Gasteiger partial charge in [0.25, 0.3) is 0 Å². The summed E-state index contributed by atoms with van der Waals surface area (Å²) in [5, 5.41) is 29.6. The summed E-state index contributed by atoms with van der Waals surface area (Å²) in [5.41, 5.74) is -1.46. The summed E-state index contributed by atoms with van der Waals surface area (Å²) in [4.78, 5) is 37.1. The molecule has 0 spiro atoms. The van der Waals surface area contributed by atoms with Crippen LogP contribution in [0.4, 0.5) is 4.79 Å². The molecule has 0 aromatic heterocycles. The number of hydrogen-bond donors (Lipinski definition) is 4. The van der Waals surface area contributed by atoms with E-state index in [0.29, 0.717) is 0 Å². The van der Waals surface area contributed by atoms with Gasteiger partial charge < -0.3 is 25.5 Å². The van der Waals surface area contributed by atoms with Crippen LogP contribution in [0.5, 0.6) is 0 Å². The Bertz CT molecular complexity index is 402. The third-order valence-corrected chi connectivity index (χ3v) is 3.33. The Morgan fingerprint density at radius 2 is 1.81 bits per heavy atom. The maximum Gasteiger partial charge on any atom is 0.326 e. The van der Waals surface area contributed by atoms with Crippen molar-refractivity contribution in [2.24, 2.45) is 0 Å². The zero-order valence-electron chi connectivity index (χ0n) is 11.9. The van der Waals surface area contributed by atoms with E-state index in [1.807, 2.05) is 0 Å². The Morgan fingerprint density at radius 1 is 1.24 bits per heavy atom. The Hall–Kier alpha value is -1.71. The fraction of sp³-hybridized carbons (Fsp3) is 0.750. The molecule has 0 aromatic rings. The largest absolute Gasteiger partial charge is 0.394 e. The van der Waals surface area contributed by atoms with Gasteiger partial charge in [0.2, 0.25) is 11.8 Å². The predicted octanol–water partition coefficient (Wildman–Crippen LogP) is -2.51. The van der Waals surface area contributed by atoms with E-state index in [4.69, 9.17) is 15.3 Å². The maximum absolute atomic E-state index is 11.7. The zero-order valence-corrected chi connectivity index (χ0v) is 11.9. The van der Waals surface area contributed by atoms with Crippen molar-refractivity contribution < 1.29 is 29.7 Å². The number of nitrogens with one attached hydrogen (secondary N) is 1. The highest BCUT2D eigenvalue weighted by atomic mass is 16.3. The predicted molar refractivity (Wildman–Crippen MR) is 71.1 cm³/mol. The number of nitrogens with zero attached hydrogens (tertiary/aromatic N) is 2. The van der Waals surface area contributed by atoms with Gasteiger partial charge in [0.15, 0.2) is 0 Å². The molecular formula is C12H21N3O6. The van der Waals surface area contributed by atoms with Crippen LogP contribution >= 0.6 is 0 Å². The van der Waals surface area contributed by atoms with Crippen LogP contribution in [0.15, 0.2) is 0 Å². The molecule has 4 amide bonds. The molecule has 0 bridgehead atoms. The number of hydrogen-bond acceptors (Lipinski definition) is 6. The van der Waals surface area contributed by atoms with E-state index in [-0.39, 0.29) is 31.8 Å². The molecule has 0 saturated carbocycles. The molecular weight excluding hydrogens is 282 g/mol. The van der Waals surface area contributed by atoms with E-state index >= 15 is 0 Å². The van der Waals surface area contributed by atoms with Gasteiger partial charge in [-0.2, -0.15) is 0 Å². The number of likely N-dealkylation sites (N-methyl/N-ethyl adjacent to an activating group) is 1. The van der Waals surface area contributed by atoms with Gasteiger partial charge in [0.05, 0.1) is 19.8 Å². The van der Waals surface area contributed by atoms with Crippen molar-refractivity contribution >= 4 is 17.8 Å². The summed E-state index contributed by atoms with van der Waals surface area (Å²) in [6.45, 7) is -1.63. The third-order valence-electron chi connectivity index (χ3n) is 3.33. The summed E-state index contributed by atoms with van der Waals surface area (Å²) in [5.74, 6) is -0.794. The topological polar surface area (TPSA) is 130 Å². The first-order valence-corrected chi connectivity index (χ1v) is 6.58. The minimum atomic E-state index is -1.46. The zero-order chi connectivity index (χ0) is 16.0. The molecule has 0 aromatic carbocycles. The first-order chi connectivity index (χ1) is 9.89. The van der Waals surface area contributed by atoms with E-state index in [0.717, 1.165) is 4.90 Å². The number of aliphatic hydroxyl groups excluding tert-OH is 3. The van der Waals surface area contributed by atoms with Crippen molar-refractivity contribution in [3.05, 3.63) is 0 Å². The second-order valence-electron chi connectivity index (χ2n) is 5.09. The van der Waals surface area contributed by atoms with Crippen molar-refractivity contribution in [3.8, 4) is 0 Å². The molecule has 4 N–H and O–H groups in total. The van der Waals surface area contributed by atoms with Gasteiger partial charge in [0, 0.05) is 20.0 Å². The highest BCUT2D eigenvalue weighted by Gasteiger charge is 2.33. The average molecular weight is 303 g/mol. The molecule has 9 nitrogen and oxygen atoms in total. The van der Waals surface area contributed by atoms with Crippen molar-refractivity contribution in [1.82, 2.24) is 15.1 Å². The monoisotopic (exact) mass is 303 g/mol. The van der Waals surface area contributed by atoms with E-state index in [2.05, 4.69) is 5.32 Å². The standard InChI is InChI=1S/C12H21N3O6/c1-14-5-10(20)15(11(14)21)4-2-3-9(19)13-12(6-16,7-17)8-18/h16-18H,2-8H2,1H3,(H,13,19). The van der Waals surface area contributed by atoms with Crippen LogP contribution in [0.2, 0.25) is 0 Å². The second-order valence-corrected chi connectivity index (χ2v) is 5.09. The van der Waals surface area contributed by atoms with Crippen LogP contribution in [0, 0.1) is 0 Å². The van der Waals surface area contributed by atoms with Crippen molar-refractivity contribution in [1.29, 1.82) is 0 Å². The summed E-state index contributed by atoms with van der Waals surface area (Å²) in [6, 6.07) is -0.393. The summed E-state index contributed by atoms with van der Waals surface area (Å²) >= 11 is 0. The third kappa shape index (κ3) is 4.13. The number of amides is 4. The number of urea groups is 1. The van der Waals surface area contributed by atoms with Gasteiger partial charge in [-0.1, -0.05) is 0 Å². The molecule has 120 valence electrons.